The Hall–Kier alpha value is -1.53. The molecular weight excluding hydrogens is 370 g/mol. The van der Waals surface area contributed by atoms with Gasteiger partial charge in [0.15, 0.2) is 14.9 Å². The normalized spacial score (nSPS) is 13.5. The molecule has 28 heavy (non-hydrogen) atoms. The number of benzene rings is 1. The second-order valence-corrected chi connectivity index (χ2v) is 9.44. The Balaban J connectivity index is 2.40. The monoisotopic (exact) mass is 407 g/mol. The number of nitrogens with zero attached hydrogens (tertiary/aromatic N) is 2. The van der Waals surface area contributed by atoms with Gasteiger partial charge >= 0.3 is 0 Å². The predicted octanol–water partition coefficient (Wildman–Crippen LogP) is 4.69. The zero-order valence-electron chi connectivity index (χ0n) is 17.6. The summed E-state index contributed by atoms with van der Waals surface area (Å²) in [6, 6.07) is 8.21. The molecule has 1 aromatic carbocycles. The number of sulfone groups is 1. The van der Waals surface area contributed by atoms with Gasteiger partial charge in [0.1, 0.15) is 0 Å². The van der Waals surface area contributed by atoms with Gasteiger partial charge in [-0.2, -0.15) is 5.10 Å². The Morgan fingerprint density at radius 2 is 1.57 bits per heavy atom. The fraction of sp³-hybridized carbons (Fsp3) is 0.636. The van der Waals surface area contributed by atoms with Crippen molar-refractivity contribution in [2.75, 3.05) is 5.75 Å². The zero-order valence-corrected chi connectivity index (χ0v) is 18.4. The van der Waals surface area contributed by atoms with Crippen LogP contribution >= 0.6 is 0 Å². The van der Waals surface area contributed by atoms with Crippen LogP contribution in [0.15, 0.2) is 34.5 Å². The maximum atomic E-state index is 12.3. The lowest BCUT2D eigenvalue weighted by molar-refractivity contribution is 0.588. The van der Waals surface area contributed by atoms with Crippen molar-refractivity contribution in [2.24, 2.45) is 15.9 Å². The summed E-state index contributed by atoms with van der Waals surface area (Å²) >= 11 is 0. The molecule has 2 N–H and O–H groups in total. The van der Waals surface area contributed by atoms with Crippen molar-refractivity contribution < 1.29 is 8.42 Å². The summed E-state index contributed by atoms with van der Waals surface area (Å²) in [5, 5.41) is 7.02. The molecule has 1 unspecified atom stereocenters. The molecule has 0 aliphatic heterocycles. The van der Waals surface area contributed by atoms with Gasteiger partial charge in [0.25, 0.3) is 0 Å². The third-order valence-corrected chi connectivity index (χ3v) is 6.88. The van der Waals surface area contributed by atoms with Crippen LogP contribution in [0.25, 0.3) is 0 Å². The van der Waals surface area contributed by atoms with Crippen molar-refractivity contribution in [3.63, 3.8) is 0 Å². The van der Waals surface area contributed by atoms with E-state index in [2.05, 4.69) is 48.1 Å². The molecule has 0 saturated carbocycles. The van der Waals surface area contributed by atoms with Crippen molar-refractivity contribution in [2.45, 2.75) is 84.1 Å². The number of hydrogen-bond donors (Lipinski definition) is 1. The molecule has 1 rings (SSSR count). The first-order valence-electron chi connectivity index (χ1n) is 10.5. The summed E-state index contributed by atoms with van der Waals surface area (Å²) in [7, 11) is -3.47. The Morgan fingerprint density at radius 1 is 1.00 bits per heavy atom. The van der Waals surface area contributed by atoms with Gasteiger partial charge in [-0.3, -0.25) is 0 Å². The van der Waals surface area contributed by atoms with E-state index in [0.717, 1.165) is 12.8 Å². The molecule has 158 valence electrons. The van der Waals surface area contributed by atoms with Gasteiger partial charge in [0.2, 0.25) is 0 Å². The molecule has 0 aliphatic carbocycles. The first kappa shape index (κ1) is 24.5. The van der Waals surface area contributed by atoms with Gasteiger partial charge in [-0.15, -0.1) is 5.10 Å². The minimum Gasteiger partial charge on any atom is -0.327 e. The molecule has 0 amide bonds. The SMILES string of the molecule is C=N/N=C(\CC)S(=O)(=O)CC(N)CCc1ccc(CCCCCCCC)cc1. The lowest BCUT2D eigenvalue weighted by Crippen LogP contribution is -2.33. The molecule has 0 radical (unpaired) electrons. The summed E-state index contributed by atoms with van der Waals surface area (Å²) < 4.78 is 24.6. The molecular formula is C22H37N3O2S. The first-order valence-corrected chi connectivity index (χ1v) is 12.2. The van der Waals surface area contributed by atoms with Crippen LogP contribution in [0, 0.1) is 0 Å². The van der Waals surface area contributed by atoms with Gasteiger partial charge in [-0.05, 0) is 43.2 Å². The highest BCUT2D eigenvalue weighted by Gasteiger charge is 2.22. The highest BCUT2D eigenvalue weighted by molar-refractivity contribution is 8.06. The lowest BCUT2D eigenvalue weighted by Gasteiger charge is -2.13. The van der Waals surface area contributed by atoms with Crippen LogP contribution in [0.1, 0.15) is 76.3 Å². The average Bonchev–Trinajstić information content (AvgIpc) is 2.67. The summed E-state index contributed by atoms with van der Waals surface area (Å²) in [6.45, 7) is 7.20. The van der Waals surface area contributed by atoms with E-state index in [4.69, 9.17) is 5.73 Å². The molecule has 1 atom stereocenters. The molecule has 0 bridgehead atoms. The molecule has 0 aliphatic rings. The summed E-state index contributed by atoms with van der Waals surface area (Å²) in [4.78, 5) is 0. The van der Waals surface area contributed by atoms with E-state index in [1.807, 2.05) is 0 Å². The Kier molecular flexibility index (Phi) is 11.9. The molecule has 5 nitrogen and oxygen atoms in total. The van der Waals surface area contributed by atoms with Crippen LogP contribution in [0.2, 0.25) is 0 Å². The number of hydrogen-bond acceptors (Lipinski definition) is 5. The molecule has 6 heteroatoms. The number of unbranched alkanes of at least 4 members (excludes halogenated alkanes) is 5. The van der Waals surface area contributed by atoms with Crippen LogP contribution in [-0.4, -0.2) is 32.0 Å². The van der Waals surface area contributed by atoms with E-state index in [-0.39, 0.29) is 10.8 Å². The number of rotatable bonds is 14. The van der Waals surface area contributed by atoms with Gasteiger partial charge in [0, 0.05) is 12.8 Å². The van der Waals surface area contributed by atoms with Crippen molar-refractivity contribution in [3.05, 3.63) is 35.4 Å². The van der Waals surface area contributed by atoms with E-state index < -0.39 is 15.9 Å². The van der Waals surface area contributed by atoms with Crippen molar-refractivity contribution in [3.8, 4) is 0 Å². The second kappa shape index (κ2) is 13.6. The highest BCUT2D eigenvalue weighted by atomic mass is 32.2. The van der Waals surface area contributed by atoms with Gasteiger partial charge in [0.05, 0.1) is 5.75 Å². The molecule has 0 heterocycles. The topological polar surface area (TPSA) is 84.9 Å². The molecule has 0 spiro atoms. The third kappa shape index (κ3) is 9.60. The van der Waals surface area contributed by atoms with Crippen molar-refractivity contribution in [1.29, 1.82) is 0 Å². The van der Waals surface area contributed by atoms with Crippen LogP contribution in [-0.2, 0) is 22.7 Å². The second-order valence-electron chi connectivity index (χ2n) is 7.40. The minimum atomic E-state index is -3.47. The number of aryl methyl sites for hydroxylation is 2. The van der Waals surface area contributed by atoms with Crippen molar-refractivity contribution >= 4 is 21.6 Å². The van der Waals surface area contributed by atoms with E-state index in [9.17, 15) is 8.42 Å². The Morgan fingerprint density at radius 3 is 2.14 bits per heavy atom. The van der Waals surface area contributed by atoms with Crippen LogP contribution in [0.3, 0.4) is 0 Å². The maximum absolute atomic E-state index is 12.3. The van der Waals surface area contributed by atoms with E-state index >= 15 is 0 Å². The molecule has 0 fully saturated rings. The average molecular weight is 408 g/mol. The smallest absolute Gasteiger partial charge is 0.195 e. The van der Waals surface area contributed by atoms with E-state index in [0.29, 0.717) is 12.8 Å². The van der Waals surface area contributed by atoms with Gasteiger partial charge in [-0.1, -0.05) is 70.2 Å². The summed E-state index contributed by atoms with van der Waals surface area (Å²) in [6.07, 6.45) is 10.7. The van der Waals surface area contributed by atoms with E-state index in [1.165, 1.54) is 49.7 Å². The van der Waals surface area contributed by atoms with Crippen molar-refractivity contribution in [1.82, 2.24) is 0 Å². The van der Waals surface area contributed by atoms with Crippen LogP contribution in [0.5, 0.6) is 0 Å². The highest BCUT2D eigenvalue weighted by Crippen LogP contribution is 2.13. The third-order valence-electron chi connectivity index (χ3n) is 4.92. The standard InChI is InChI=1S/C22H37N3O2S/c1-4-6-7-8-9-10-11-19-12-14-20(15-13-19)16-17-21(23)18-28(26,27)22(5-2)25-24-3/h12-15,21H,3-11,16-18,23H2,1-2H3/b25-22+. The van der Waals surface area contributed by atoms with Gasteiger partial charge in [-0.25, -0.2) is 8.42 Å². The molecule has 0 saturated heterocycles. The summed E-state index contributed by atoms with van der Waals surface area (Å²) in [5.41, 5.74) is 8.62. The van der Waals surface area contributed by atoms with E-state index in [1.54, 1.807) is 6.92 Å². The molecule has 1 aromatic rings. The van der Waals surface area contributed by atoms with Crippen LogP contribution < -0.4 is 5.73 Å². The van der Waals surface area contributed by atoms with Crippen LogP contribution in [0.4, 0.5) is 0 Å². The lowest BCUT2D eigenvalue weighted by atomic mass is 10.0. The largest absolute Gasteiger partial charge is 0.327 e. The Bertz CT molecular complexity index is 697. The fourth-order valence-corrected chi connectivity index (χ4v) is 4.77. The first-order chi connectivity index (χ1) is 13.4. The number of nitrogens with two attached hydrogens (primary N) is 1. The minimum absolute atomic E-state index is 0.0528. The quantitative estimate of drug-likeness (QED) is 0.210. The maximum Gasteiger partial charge on any atom is 0.195 e. The fourth-order valence-electron chi connectivity index (χ4n) is 3.23. The van der Waals surface area contributed by atoms with Gasteiger partial charge < -0.3 is 5.73 Å². The Labute approximate surface area is 171 Å². The molecule has 0 aromatic heterocycles. The zero-order chi connectivity index (χ0) is 20.8. The summed E-state index contributed by atoms with van der Waals surface area (Å²) in [5.74, 6) is -0.106. The predicted molar refractivity (Wildman–Crippen MR) is 121 cm³/mol.